The third kappa shape index (κ3) is 4.85. The molecule has 0 saturated carbocycles. The van der Waals surface area contributed by atoms with Crippen LogP contribution in [0, 0.1) is 0 Å². The van der Waals surface area contributed by atoms with Crippen LogP contribution in [-0.2, 0) is 11.3 Å². The van der Waals surface area contributed by atoms with Gasteiger partial charge >= 0.3 is 0 Å². The molecule has 8 heteroatoms. The molecule has 0 aliphatic carbocycles. The lowest BCUT2D eigenvalue weighted by Crippen LogP contribution is -2.60. The molecular weight excluding hydrogens is 370 g/mol. The standard InChI is InChI=1S/C19H29N3O4.ClH/c1-25-16-6-3-5-15(17(16)26-2)13-22-10-4-7-19(24,18(22)23)14-21-11-8-20-9-12-21;/h3,5-6,20,24H,4,7-14H2,1-2H3;1H. The van der Waals surface area contributed by atoms with Gasteiger partial charge < -0.3 is 24.8 Å². The zero-order valence-corrected chi connectivity index (χ0v) is 16.9. The van der Waals surface area contributed by atoms with Crippen molar-refractivity contribution in [3.63, 3.8) is 0 Å². The van der Waals surface area contributed by atoms with Gasteiger partial charge in [-0.25, -0.2) is 0 Å². The minimum absolute atomic E-state index is 0. The molecule has 2 aliphatic rings. The summed E-state index contributed by atoms with van der Waals surface area (Å²) in [4.78, 5) is 17.0. The molecule has 2 aliphatic heterocycles. The van der Waals surface area contributed by atoms with Gasteiger partial charge in [0, 0.05) is 51.4 Å². The molecule has 1 unspecified atom stereocenters. The van der Waals surface area contributed by atoms with E-state index in [1.165, 1.54) is 0 Å². The number of ether oxygens (including phenoxy) is 2. The second kappa shape index (κ2) is 9.59. The van der Waals surface area contributed by atoms with Gasteiger partial charge in [-0.3, -0.25) is 9.69 Å². The molecule has 1 amide bonds. The summed E-state index contributed by atoms with van der Waals surface area (Å²) in [6.07, 6.45) is 1.31. The highest BCUT2D eigenvalue weighted by Crippen LogP contribution is 2.33. The maximum atomic E-state index is 13.0. The fourth-order valence-corrected chi connectivity index (χ4v) is 3.89. The van der Waals surface area contributed by atoms with Gasteiger partial charge in [0.25, 0.3) is 5.91 Å². The Morgan fingerprint density at radius 3 is 2.59 bits per heavy atom. The minimum Gasteiger partial charge on any atom is -0.493 e. The fraction of sp³-hybridized carbons (Fsp3) is 0.632. The Hall–Kier alpha value is -1.54. The predicted octanol–water partition coefficient (Wildman–Crippen LogP) is 0.884. The van der Waals surface area contributed by atoms with Crippen molar-refractivity contribution in [2.75, 3.05) is 53.5 Å². The Morgan fingerprint density at radius 1 is 1.19 bits per heavy atom. The van der Waals surface area contributed by atoms with Gasteiger partial charge in [0.2, 0.25) is 0 Å². The molecule has 1 aromatic rings. The molecule has 152 valence electrons. The molecule has 2 N–H and O–H groups in total. The average molecular weight is 400 g/mol. The zero-order chi connectivity index (χ0) is 18.6. The van der Waals surface area contributed by atoms with E-state index in [2.05, 4.69) is 10.2 Å². The number of piperidine rings is 1. The summed E-state index contributed by atoms with van der Waals surface area (Å²) in [6, 6.07) is 5.65. The van der Waals surface area contributed by atoms with Gasteiger partial charge in [0.15, 0.2) is 17.1 Å². The van der Waals surface area contributed by atoms with Crippen LogP contribution in [0.5, 0.6) is 11.5 Å². The summed E-state index contributed by atoms with van der Waals surface area (Å²) in [5.41, 5.74) is -0.423. The lowest BCUT2D eigenvalue weighted by molar-refractivity contribution is -0.160. The Bertz CT molecular complexity index is 639. The smallest absolute Gasteiger partial charge is 0.256 e. The summed E-state index contributed by atoms with van der Waals surface area (Å²) in [7, 11) is 3.19. The van der Waals surface area contributed by atoms with Gasteiger partial charge in [-0.1, -0.05) is 12.1 Å². The van der Waals surface area contributed by atoms with E-state index in [1.54, 1.807) is 19.1 Å². The van der Waals surface area contributed by atoms with E-state index in [0.717, 1.165) is 38.2 Å². The molecule has 1 aromatic carbocycles. The molecule has 0 spiro atoms. The van der Waals surface area contributed by atoms with E-state index in [1.807, 2.05) is 18.2 Å². The van der Waals surface area contributed by atoms with Gasteiger partial charge in [0.05, 0.1) is 14.2 Å². The molecule has 0 aromatic heterocycles. The number of methoxy groups -OCH3 is 2. The first-order valence-corrected chi connectivity index (χ1v) is 9.22. The van der Waals surface area contributed by atoms with Crippen molar-refractivity contribution in [2.45, 2.75) is 25.0 Å². The molecule has 2 saturated heterocycles. The molecular formula is C19H30ClN3O4. The maximum absolute atomic E-state index is 13.0. The number of nitrogens with one attached hydrogen (secondary N) is 1. The number of amides is 1. The highest BCUT2D eigenvalue weighted by Gasteiger charge is 2.43. The Morgan fingerprint density at radius 2 is 1.93 bits per heavy atom. The number of hydrogen-bond acceptors (Lipinski definition) is 6. The lowest BCUT2D eigenvalue weighted by Gasteiger charge is -2.41. The first-order chi connectivity index (χ1) is 12.6. The molecule has 3 rings (SSSR count). The van der Waals surface area contributed by atoms with Crippen molar-refractivity contribution in [3.8, 4) is 11.5 Å². The lowest BCUT2D eigenvalue weighted by atomic mass is 9.90. The third-order valence-electron chi connectivity index (χ3n) is 5.24. The van der Waals surface area contributed by atoms with E-state index in [0.29, 0.717) is 37.6 Å². The number of carbonyl (C=O) groups is 1. The SMILES string of the molecule is COc1cccc(CN2CCCC(O)(CN3CCNCC3)C2=O)c1OC.Cl. The van der Waals surface area contributed by atoms with Crippen LogP contribution in [0.15, 0.2) is 18.2 Å². The van der Waals surface area contributed by atoms with Crippen LogP contribution in [-0.4, -0.2) is 79.9 Å². The second-order valence-electron chi connectivity index (χ2n) is 7.04. The van der Waals surface area contributed by atoms with E-state index in [4.69, 9.17) is 9.47 Å². The summed E-state index contributed by atoms with van der Waals surface area (Å²) in [5.74, 6) is 1.09. The van der Waals surface area contributed by atoms with Crippen LogP contribution >= 0.6 is 12.4 Å². The van der Waals surface area contributed by atoms with E-state index in [-0.39, 0.29) is 18.3 Å². The largest absolute Gasteiger partial charge is 0.493 e. The average Bonchev–Trinajstić information content (AvgIpc) is 2.66. The van der Waals surface area contributed by atoms with Crippen LogP contribution in [0.2, 0.25) is 0 Å². The predicted molar refractivity (Wildman–Crippen MR) is 106 cm³/mol. The van der Waals surface area contributed by atoms with E-state index in [9.17, 15) is 9.90 Å². The van der Waals surface area contributed by atoms with Crippen molar-refractivity contribution in [2.24, 2.45) is 0 Å². The molecule has 0 bridgehead atoms. The number of aliphatic hydroxyl groups is 1. The Labute approximate surface area is 167 Å². The molecule has 2 heterocycles. The van der Waals surface area contributed by atoms with Crippen molar-refractivity contribution in [1.29, 1.82) is 0 Å². The Kier molecular flexibility index (Phi) is 7.73. The number of rotatable bonds is 6. The monoisotopic (exact) mass is 399 g/mol. The van der Waals surface area contributed by atoms with Crippen molar-refractivity contribution in [3.05, 3.63) is 23.8 Å². The summed E-state index contributed by atoms with van der Waals surface area (Å²) in [5, 5.41) is 14.4. The Balaban J connectivity index is 0.00000261. The number of β-amino-alcohol motifs (C(OH)–C–C–N with tert-alkyl or cyclic N) is 1. The number of para-hydroxylation sites is 1. The number of benzene rings is 1. The van der Waals surface area contributed by atoms with Crippen molar-refractivity contribution >= 4 is 18.3 Å². The van der Waals surface area contributed by atoms with Crippen LogP contribution < -0.4 is 14.8 Å². The number of halogens is 1. The maximum Gasteiger partial charge on any atom is 0.256 e. The normalized spacial score (nSPS) is 23.7. The molecule has 1 atom stereocenters. The molecule has 27 heavy (non-hydrogen) atoms. The zero-order valence-electron chi connectivity index (χ0n) is 16.1. The van der Waals surface area contributed by atoms with Crippen LogP contribution in [0.25, 0.3) is 0 Å². The molecule has 0 radical (unpaired) electrons. The molecule has 7 nitrogen and oxygen atoms in total. The van der Waals surface area contributed by atoms with E-state index >= 15 is 0 Å². The molecule has 2 fully saturated rings. The summed E-state index contributed by atoms with van der Waals surface area (Å²) < 4.78 is 10.8. The van der Waals surface area contributed by atoms with Crippen LogP contribution in [0.4, 0.5) is 0 Å². The van der Waals surface area contributed by atoms with Crippen LogP contribution in [0.3, 0.4) is 0 Å². The van der Waals surface area contributed by atoms with Crippen molar-refractivity contribution < 1.29 is 19.4 Å². The number of hydrogen-bond donors (Lipinski definition) is 2. The number of likely N-dealkylation sites (tertiary alicyclic amines) is 1. The number of carbonyl (C=O) groups excluding carboxylic acids is 1. The van der Waals surface area contributed by atoms with Crippen LogP contribution in [0.1, 0.15) is 18.4 Å². The van der Waals surface area contributed by atoms with Gasteiger partial charge in [-0.15, -0.1) is 12.4 Å². The van der Waals surface area contributed by atoms with Gasteiger partial charge in [0.1, 0.15) is 0 Å². The number of nitrogens with zero attached hydrogens (tertiary/aromatic N) is 2. The topological polar surface area (TPSA) is 74.3 Å². The first-order valence-electron chi connectivity index (χ1n) is 9.22. The van der Waals surface area contributed by atoms with E-state index < -0.39 is 5.60 Å². The summed E-state index contributed by atoms with van der Waals surface area (Å²) in [6.45, 7) is 4.97. The number of piperazine rings is 1. The quantitative estimate of drug-likeness (QED) is 0.740. The van der Waals surface area contributed by atoms with Gasteiger partial charge in [-0.05, 0) is 18.9 Å². The third-order valence-corrected chi connectivity index (χ3v) is 5.24. The first kappa shape index (κ1) is 21.8. The highest BCUT2D eigenvalue weighted by molar-refractivity contribution is 5.86. The fourth-order valence-electron chi connectivity index (χ4n) is 3.89. The minimum atomic E-state index is -1.30. The van der Waals surface area contributed by atoms with Gasteiger partial charge in [-0.2, -0.15) is 0 Å². The van der Waals surface area contributed by atoms with Crippen molar-refractivity contribution in [1.82, 2.24) is 15.1 Å². The summed E-state index contributed by atoms with van der Waals surface area (Å²) >= 11 is 0. The highest BCUT2D eigenvalue weighted by atomic mass is 35.5. The second-order valence-corrected chi connectivity index (χ2v) is 7.04.